The highest BCUT2D eigenvalue weighted by atomic mass is 16.5. The van der Waals surface area contributed by atoms with Gasteiger partial charge < -0.3 is 30.9 Å². The molecule has 2 unspecified atom stereocenters. The number of phenols is 1. The van der Waals surface area contributed by atoms with Crippen LogP contribution in [0.3, 0.4) is 0 Å². The number of amides is 1. The number of nitrogens with one attached hydrogen (secondary N) is 1. The van der Waals surface area contributed by atoms with E-state index in [4.69, 9.17) is 10.5 Å². The molecule has 1 aromatic rings. The monoisotopic (exact) mass is 544 g/mol. The summed E-state index contributed by atoms with van der Waals surface area (Å²) >= 11 is 0. The predicted octanol–water partition coefficient (Wildman–Crippen LogP) is -1.33. The second-order valence-electron chi connectivity index (χ2n) is 11.1. The number of methoxy groups -OCH3 is 1. The van der Waals surface area contributed by atoms with Gasteiger partial charge in [-0.2, -0.15) is 0 Å². The molecule has 0 saturated heterocycles. The minimum Gasteiger partial charge on any atom is -0.507 e. The number of carbonyl (C=O) groups is 5. The molecule has 2 fully saturated rings. The largest absolute Gasteiger partial charge is 0.507 e. The number of primary amides is 1. The number of ether oxygens (including phenoxy) is 1. The second kappa shape index (κ2) is 10.4. The number of benzene rings is 1. The van der Waals surface area contributed by atoms with Gasteiger partial charge in [-0.25, -0.2) is 0 Å². The summed E-state index contributed by atoms with van der Waals surface area (Å²) in [7, 11) is 8.29. The van der Waals surface area contributed by atoms with E-state index < -0.39 is 64.4 Å². The first kappa shape index (κ1) is 28.8. The van der Waals surface area contributed by atoms with Gasteiger partial charge in [0.25, 0.3) is 0 Å². The zero-order valence-corrected chi connectivity index (χ0v) is 22.8. The number of hydrogen-bond donors (Lipinski definition) is 4. The predicted molar refractivity (Wildman–Crippen MR) is 139 cm³/mol. The lowest BCUT2D eigenvalue weighted by Crippen LogP contribution is -2.74. The highest BCUT2D eigenvalue weighted by Crippen LogP contribution is 2.52. The van der Waals surface area contributed by atoms with Gasteiger partial charge in [-0.3, -0.25) is 28.9 Å². The second-order valence-corrected chi connectivity index (χ2v) is 11.1. The number of Topliss-reactive ketones (excluding diaryl/α,β-unsaturated/α-hetero) is 4. The van der Waals surface area contributed by atoms with Gasteiger partial charge in [0.15, 0.2) is 34.7 Å². The summed E-state index contributed by atoms with van der Waals surface area (Å²) in [6.45, 7) is 1.18. The highest BCUT2D eigenvalue weighted by molar-refractivity contribution is 6.32. The van der Waals surface area contributed by atoms with E-state index >= 15 is 0 Å². The summed E-state index contributed by atoms with van der Waals surface area (Å²) in [6, 6.07) is 0.657. The van der Waals surface area contributed by atoms with Crippen molar-refractivity contribution < 1.29 is 38.9 Å². The third kappa shape index (κ3) is 4.35. The summed E-state index contributed by atoms with van der Waals surface area (Å²) in [4.78, 5) is 69.9. The van der Waals surface area contributed by atoms with Crippen molar-refractivity contribution in [1.29, 1.82) is 0 Å². The Balaban J connectivity index is 1.83. The summed E-state index contributed by atoms with van der Waals surface area (Å²) in [5, 5.41) is 26.0. The quantitative estimate of drug-likeness (QED) is 0.225. The molecule has 1 amide bonds. The van der Waals surface area contributed by atoms with Crippen LogP contribution in [0.4, 0.5) is 5.69 Å². The molecular formula is C27H36N4O8. The smallest absolute Gasteiger partial charge is 0.235 e. The van der Waals surface area contributed by atoms with E-state index in [0.29, 0.717) is 30.0 Å². The average molecular weight is 545 g/mol. The van der Waals surface area contributed by atoms with E-state index in [2.05, 4.69) is 5.32 Å². The third-order valence-electron chi connectivity index (χ3n) is 8.40. The molecule has 0 heterocycles. The zero-order chi connectivity index (χ0) is 29.0. The minimum atomic E-state index is -2.74. The molecule has 0 radical (unpaired) electrons. The number of hydrogen-bond acceptors (Lipinski definition) is 11. The summed E-state index contributed by atoms with van der Waals surface area (Å²) in [6.07, 6.45) is 0.224. The van der Waals surface area contributed by atoms with Crippen LogP contribution in [0.2, 0.25) is 0 Å². The Hall–Kier alpha value is -3.19. The van der Waals surface area contributed by atoms with Crippen LogP contribution in [-0.4, -0.2) is 104 Å². The van der Waals surface area contributed by atoms with Crippen LogP contribution in [0.15, 0.2) is 6.07 Å². The number of fused-ring (bicyclic) bond motifs is 3. The van der Waals surface area contributed by atoms with Gasteiger partial charge in [0.1, 0.15) is 5.75 Å². The maximum Gasteiger partial charge on any atom is 0.235 e. The molecule has 4 rings (SSSR count). The van der Waals surface area contributed by atoms with Crippen molar-refractivity contribution in [3.63, 3.8) is 0 Å². The number of likely N-dealkylation sites (N-methyl/N-ethyl adjacent to an activating group) is 1. The Labute approximate surface area is 226 Å². The molecule has 12 nitrogen and oxygen atoms in total. The Morgan fingerprint density at radius 1 is 1.18 bits per heavy atom. The van der Waals surface area contributed by atoms with Crippen molar-refractivity contribution in [1.82, 2.24) is 10.2 Å². The number of aromatic hydroxyl groups is 1. The molecule has 3 aliphatic rings. The van der Waals surface area contributed by atoms with Crippen LogP contribution in [0.1, 0.15) is 27.9 Å². The van der Waals surface area contributed by atoms with E-state index in [1.54, 1.807) is 41.4 Å². The van der Waals surface area contributed by atoms with Gasteiger partial charge in [-0.1, -0.05) is 0 Å². The van der Waals surface area contributed by atoms with Crippen molar-refractivity contribution in [2.24, 2.45) is 29.4 Å². The fraction of sp³-hybridized carbons (Fsp3) is 0.593. The van der Waals surface area contributed by atoms with Crippen LogP contribution >= 0.6 is 0 Å². The molecule has 0 aromatic heterocycles. The van der Waals surface area contributed by atoms with Crippen molar-refractivity contribution in [2.75, 3.05) is 53.4 Å². The Morgan fingerprint density at radius 3 is 2.41 bits per heavy atom. The van der Waals surface area contributed by atoms with Crippen LogP contribution in [0.25, 0.3) is 0 Å². The molecule has 5 N–H and O–H groups in total. The number of ketones is 4. The summed E-state index contributed by atoms with van der Waals surface area (Å²) in [5.41, 5.74) is 4.30. The molecule has 212 valence electrons. The molecule has 39 heavy (non-hydrogen) atoms. The number of rotatable bonds is 8. The first-order valence-electron chi connectivity index (χ1n) is 12.9. The molecular weight excluding hydrogens is 508 g/mol. The summed E-state index contributed by atoms with van der Waals surface area (Å²) < 4.78 is 5.03. The number of anilines is 1. The average Bonchev–Trinajstić information content (AvgIpc) is 2.84. The fourth-order valence-corrected chi connectivity index (χ4v) is 6.64. The van der Waals surface area contributed by atoms with Crippen molar-refractivity contribution in [3.05, 3.63) is 22.8 Å². The minimum absolute atomic E-state index is 0.0118. The van der Waals surface area contributed by atoms with Crippen LogP contribution in [0.5, 0.6) is 5.75 Å². The maximum absolute atomic E-state index is 14.0. The van der Waals surface area contributed by atoms with Crippen LogP contribution in [0, 0.1) is 23.7 Å². The van der Waals surface area contributed by atoms with E-state index in [0.717, 1.165) is 0 Å². The molecule has 2 saturated carbocycles. The van der Waals surface area contributed by atoms with E-state index in [9.17, 15) is 34.2 Å². The SMILES string of the molecule is COCCNCc1cc(N(C)C)c2c(c1O)C(=O)C1C(=O)[C@]3(O)C(=O)C(C(N)=O)C(=O)[C@@H](N(C)C)[C@@H]3C[C@@H]1C2. The molecule has 3 aliphatic carbocycles. The number of nitrogens with zero attached hydrogens (tertiary/aromatic N) is 2. The van der Waals surface area contributed by atoms with E-state index in [1.807, 2.05) is 4.90 Å². The van der Waals surface area contributed by atoms with Gasteiger partial charge in [-0.05, 0) is 44.5 Å². The lowest BCUT2D eigenvalue weighted by atomic mass is 9.52. The molecule has 0 aliphatic heterocycles. The molecule has 1 aromatic carbocycles. The number of aliphatic hydroxyl groups is 1. The molecule has 12 heteroatoms. The Kier molecular flexibility index (Phi) is 7.69. The first-order chi connectivity index (χ1) is 18.3. The van der Waals surface area contributed by atoms with Gasteiger partial charge in [0.05, 0.1) is 24.1 Å². The topological polar surface area (TPSA) is 180 Å². The lowest BCUT2D eigenvalue weighted by Gasteiger charge is -2.52. The molecule has 0 spiro atoms. The number of carbonyl (C=O) groups excluding carboxylic acids is 5. The van der Waals surface area contributed by atoms with Gasteiger partial charge in [-0.15, -0.1) is 0 Å². The number of phenolic OH excluding ortho intramolecular Hbond substituents is 1. The highest BCUT2D eigenvalue weighted by Gasteiger charge is 2.69. The maximum atomic E-state index is 14.0. The Bertz CT molecular complexity index is 1240. The van der Waals surface area contributed by atoms with Gasteiger partial charge >= 0.3 is 0 Å². The fourth-order valence-electron chi connectivity index (χ4n) is 6.64. The zero-order valence-electron chi connectivity index (χ0n) is 22.8. The van der Waals surface area contributed by atoms with Crippen molar-refractivity contribution >= 4 is 34.7 Å². The van der Waals surface area contributed by atoms with Crippen molar-refractivity contribution in [3.8, 4) is 5.75 Å². The first-order valence-corrected chi connectivity index (χ1v) is 12.9. The van der Waals surface area contributed by atoms with Crippen molar-refractivity contribution in [2.45, 2.75) is 31.0 Å². The number of nitrogens with two attached hydrogens (primary N) is 1. The summed E-state index contributed by atoms with van der Waals surface area (Å²) in [5.74, 6) is -10.5. The van der Waals surface area contributed by atoms with Gasteiger partial charge in [0, 0.05) is 51.5 Å². The van der Waals surface area contributed by atoms with E-state index in [-0.39, 0.29) is 30.7 Å². The van der Waals surface area contributed by atoms with Crippen LogP contribution < -0.4 is 16.0 Å². The molecule has 6 atom stereocenters. The Morgan fingerprint density at radius 2 is 1.85 bits per heavy atom. The lowest BCUT2D eigenvalue weighted by molar-refractivity contribution is -0.181. The van der Waals surface area contributed by atoms with Gasteiger partial charge in [0.2, 0.25) is 5.91 Å². The standard InChI is InChI=1S/C27H36N4O8/c1-30(2)16-10-13(11-29-6-7-39-5)21(32)18-14(16)8-12-9-15-20(31(3)4)23(34)19(26(28)37)25(36)27(15,38)24(35)17(12)22(18)33/h10,12,15,17,19-20,29,32,38H,6-9,11H2,1-5H3,(H2,28,37)/t12-,15-,17?,19?,20-,27-/m0/s1. The normalized spacial score (nSPS) is 30.2. The van der Waals surface area contributed by atoms with Crippen LogP contribution in [-0.2, 0) is 36.9 Å². The van der Waals surface area contributed by atoms with E-state index in [1.165, 1.54) is 4.90 Å². The molecule has 0 bridgehead atoms. The third-order valence-corrected chi connectivity index (χ3v) is 8.40.